The van der Waals surface area contributed by atoms with E-state index in [1.807, 2.05) is 6.08 Å². The van der Waals surface area contributed by atoms with Crippen molar-refractivity contribution in [1.29, 1.82) is 0 Å². The van der Waals surface area contributed by atoms with Gasteiger partial charge in [0.1, 0.15) is 0 Å². The standard InChI is InChI=1S/C83H157NO5/c1-3-5-7-9-11-13-15-17-19-20-21-22-36-39-42-45-48-51-55-59-63-67-71-75-81(86)80(79-85)84-82(87)76-72-68-64-60-56-52-49-46-43-40-37-34-32-30-28-26-24-23-25-27-29-31-33-35-38-41-44-47-50-54-58-62-66-70-74-78-89-83(88)77-73-69-65-61-57-53-18-16-14-12-10-8-6-4-2/h10,12,16,18,25,27,71,75,80-81,85-86H,3-9,11,13-15,17,19-24,26,28-70,72-74,76-79H2,1-2H3,(H,84,87)/b12-10-,18-16-,27-25-,75-71+. The summed E-state index contributed by atoms with van der Waals surface area (Å²) in [7, 11) is 0. The van der Waals surface area contributed by atoms with E-state index < -0.39 is 12.1 Å². The van der Waals surface area contributed by atoms with E-state index in [1.54, 1.807) is 6.08 Å². The second-order valence-corrected chi connectivity index (χ2v) is 27.7. The number of rotatable bonds is 76. The van der Waals surface area contributed by atoms with Gasteiger partial charge in [-0.2, -0.15) is 0 Å². The van der Waals surface area contributed by atoms with Gasteiger partial charge in [-0.15, -0.1) is 0 Å². The molecule has 0 saturated carbocycles. The molecule has 3 N–H and O–H groups in total. The molecule has 6 nitrogen and oxygen atoms in total. The molecule has 89 heavy (non-hydrogen) atoms. The quantitative estimate of drug-likeness (QED) is 0.0320. The van der Waals surface area contributed by atoms with Crippen LogP contribution in [0.3, 0.4) is 0 Å². The van der Waals surface area contributed by atoms with Crippen molar-refractivity contribution in [2.24, 2.45) is 0 Å². The number of aliphatic hydroxyl groups excluding tert-OH is 2. The molecule has 0 aromatic heterocycles. The van der Waals surface area contributed by atoms with Crippen LogP contribution in [0.4, 0.5) is 0 Å². The zero-order valence-electron chi connectivity index (χ0n) is 60.2. The number of allylic oxidation sites excluding steroid dienone is 7. The Morgan fingerprint density at radius 3 is 0.899 bits per heavy atom. The van der Waals surface area contributed by atoms with Gasteiger partial charge >= 0.3 is 5.97 Å². The summed E-state index contributed by atoms with van der Waals surface area (Å²) in [6, 6.07) is -0.627. The van der Waals surface area contributed by atoms with Crippen LogP contribution >= 0.6 is 0 Å². The van der Waals surface area contributed by atoms with Gasteiger partial charge in [0.2, 0.25) is 5.91 Å². The van der Waals surface area contributed by atoms with Crippen molar-refractivity contribution < 1.29 is 24.5 Å². The molecule has 0 aliphatic carbocycles. The van der Waals surface area contributed by atoms with Gasteiger partial charge in [0.05, 0.1) is 25.4 Å². The molecule has 0 aromatic rings. The molecule has 0 saturated heterocycles. The van der Waals surface area contributed by atoms with Gasteiger partial charge in [0.25, 0.3) is 0 Å². The molecule has 0 aromatic carbocycles. The summed E-state index contributed by atoms with van der Waals surface area (Å²) in [5.41, 5.74) is 0. The average Bonchev–Trinajstić information content (AvgIpc) is 3.64. The third-order valence-corrected chi connectivity index (χ3v) is 18.8. The number of hydrogen-bond acceptors (Lipinski definition) is 5. The van der Waals surface area contributed by atoms with Gasteiger partial charge in [0.15, 0.2) is 0 Å². The number of amides is 1. The van der Waals surface area contributed by atoms with E-state index in [1.165, 1.54) is 366 Å². The van der Waals surface area contributed by atoms with Crippen LogP contribution in [0.2, 0.25) is 0 Å². The molecule has 0 aliphatic heterocycles. The number of nitrogens with one attached hydrogen (secondary N) is 1. The van der Waals surface area contributed by atoms with Crippen LogP contribution in [0.25, 0.3) is 0 Å². The first kappa shape index (κ1) is 86.8. The van der Waals surface area contributed by atoms with E-state index in [0.29, 0.717) is 19.4 Å². The zero-order valence-corrected chi connectivity index (χ0v) is 60.2. The Labute approximate surface area is 556 Å². The molecule has 0 spiro atoms. The lowest BCUT2D eigenvalue weighted by atomic mass is 10.0. The van der Waals surface area contributed by atoms with Crippen LogP contribution in [-0.4, -0.2) is 47.4 Å². The third-order valence-electron chi connectivity index (χ3n) is 18.8. The minimum Gasteiger partial charge on any atom is -0.466 e. The average molecular weight is 1250 g/mol. The lowest BCUT2D eigenvalue weighted by molar-refractivity contribution is -0.143. The predicted octanol–water partition coefficient (Wildman–Crippen LogP) is 26.8. The van der Waals surface area contributed by atoms with Crippen molar-refractivity contribution in [3.63, 3.8) is 0 Å². The Morgan fingerprint density at radius 2 is 0.573 bits per heavy atom. The predicted molar refractivity (Wildman–Crippen MR) is 393 cm³/mol. The smallest absolute Gasteiger partial charge is 0.305 e. The molecule has 6 heteroatoms. The summed E-state index contributed by atoms with van der Waals surface area (Å²) in [6.45, 7) is 4.90. The molecular formula is C83H157NO5. The number of carbonyl (C=O) groups is 2. The summed E-state index contributed by atoms with van der Waals surface area (Å²) in [6.07, 6.45) is 104. The van der Waals surface area contributed by atoms with Gasteiger partial charge in [-0.05, 0) is 83.5 Å². The van der Waals surface area contributed by atoms with E-state index >= 15 is 0 Å². The molecule has 0 bridgehead atoms. The lowest BCUT2D eigenvalue weighted by Crippen LogP contribution is -2.45. The molecular weight excluding hydrogens is 1090 g/mol. The third kappa shape index (κ3) is 74.7. The number of hydrogen-bond donors (Lipinski definition) is 3. The number of carbonyl (C=O) groups excluding carboxylic acids is 2. The van der Waals surface area contributed by atoms with Crippen LogP contribution in [0.5, 0.6) is 0 Å². The first-order valence-electron chi connectivity index (χ1n) is 40.4. The van der Waals surface area contributed by atoms with E-state index in [-0.39, 0.29) is 18.5 Å². The Balaban J connectivity index is 3.37. The molecule has 524 valence electrons. The van der Waals surface area contributed by atoms with Gasteiger partial charge < -0.3 is 20.3 Å². The number of esters is 1. The lowest BCUT2D eigenvalue weighted by Gasteiger charge is -2.20. The molecule has 0 aliphatic rings. The van der Waals surface area contributed by atoms with Crippen LogP contribution in [0.1, 0.15) is 444 Å². The van der Waals surface area contributed by atoms with Gasteiger partial charge in [-0.25, -0.2) is 0 Å². The van der Waals surface area contributed by atoms with Crippen molar-refractivity contribution in [3.05, 3.63) is 48.6 Å². The van der Waals surface area contributed by atoms with Gasteiger partial charge in [-0.1, -0.05) is 396 Å². The molecule has 0 radical (unpaired) electrons. The van der Waals surface area contributed by atoms with Crippen LogP contribution < -0.4 is 5.32 Å². The molecule has 2 unspecified atom stereocenters. The molecule has 0 fully saturated rings. The Bertz CT molecular complexity index is 1490. The zero-order chi connectivity index (χ0) is 64.2. The maximum Gasteiger partial charge on any atom is 0.305 e. The summed E-state index contributed by atoms with van der Waals surface area (Å²) >= 11 is 0. The number of unbranched alkanes of at least 4 members (excludes halogenated alkanes) is 59. The van der Waals surface area contributed by atoms with E-state index in [9.17, 15) is 19.8 Å². The van der Waals surface area contributed by atoms with Crippen LogP contribution in [0.15, 0.2) is 48.6 Å². The summed E-state index contributed by atoms with van der Waals surface area (Å²) < 4.78 is 5.49. The fourth-order valence-electron chi connectivity index (χ4n) is 12.7. The maximum absolute atomic E-state index is 12.6. The van der Waals surface area contributed by atoms with Crippen molar-refractivity contribution in [2.75, 3.05) is 13.2 Å². The Morgan fingerprint density at radius 1 is 0.315 bits per heavy atom. The highest BCUT2D eigenvalue weighted by atomic mass is 16.5. The maximum atomic E-state index is 12.6. The molecule has 0 rings (SSSR count). The van der Waals surface area contributed by atoms with Crippen molar-refractivity contribution >= 4 is 11.9 Å². The van der Waals surface area contributed by atoms with Crippen LogP contribution in [-0.2, 0) is 14.3 Å². The second-order valence-electron chi connectivity index (χ2n) is 27.7. The van der Waals surface area contributed by atoms with E-state index in [2.05, 4.69) is 55.6 Å². The Kier molecular flexibility index (Phi) is 76.3. The minimum atomic E-state index is -0.844. The second kappa shape index (κ2) is 78.3. The first-order valence-corrected chi connectivity index (χ1v) is 40.4. The van der Waals surface area contributed by atoms with Crippen LogP contribution in [0, 0.1) is 0 Å². The number of aliphatic hydroxyl groups is 2. The highest BCUT2D eigenvalue weighted by Crippen LogP contribution is 2.20. The molecule has 0 heterocycles. The molecule has 2 atom stereocenters. The summed E-state index contributed by atoms with van der Waals surface area (Å²) in [4.78, 5) is 24.6. The highest BCUT2D eigenvalue weighted by molar-refractivity contribution is 5.76. The van der Waals surface area contributed by atoms with E-state index in [0.717, 1.165) is 51.4 Å². The summed E-state index contributed by atoms with van der Waals surface area (Å²) in [5.74, 6) is -0.0541. The Hall–Kier alpha value is -2.18. The number of ether oxygens (including phenoxy) is 1. The normalized spacial score (nSPS) is 12.7. The van der Waals surface area contributed by atoms with Crippen molar-refractivity contribution in [3.8, 4) is 0 Å². The first-order chi connectivity index (χ1) is 44.0. The fraction of sp³-hybridized carbons (Fsp3) is 0.880. The van der Waals surface area contributed by atoms with Gasteiger partial charge in [0, 0.05) is 12.8 Å². The summed E-state index contributed by atoms with van der Waals surface area (Å²) in [5, 5.41) is 23.3. The van der Waals surface area contributed by atoms with Crippen molar-refractivity contribution in [1.82, 2.24) is 5.32 Å². The van der Waals surface area contributed by atoms with Crippen molar-refractivity contribution in [2.45, 2.75) is 456 Å². The van der Waals surface area contributed by atoms with E-state index in [4.69, 9.17) is 4.74 Å². The topological polar surface area (TPSA) is 95.9 Å². The fourth-order valence-corrected chi connectivity index (χ4v) is 12.7. The monoisotopic (exact) mass is 1250 g/mol. The largest absolute Gasteiger partial charge is 0.466 e. The highest BCUT2D eigenvalue weighted by Gasteiger charge is 2.18. The minimum absolute atomic E-state index is 0.00570. The molecule has 1 amide bonds. The SMILES string of the molecule is CCCC/C=C\C/C=C\CCCCCCCC(=O)OCCCCCCCCCCCCCCCC/C=C\CCCCCCCCCCCCCCCCCCCC(=O)NC(CO)C(O)/C=C/CCCCCCCCCCCCCCCCCCCCCCC. The van der Waals surface area contributed by atoms with Gasteiger partial charge in [-0.3, -0.25) is 9.59 Å².